The summed E-state index contributed by atoms with van der Waals surface area (Å²) in [6.45, 7) is 2.16. The molecule has 0 spiro atoms. The van der Waals surface area contributed by atoms with Gasteiger partial charge in [0.25, 0.3) is 0 Å². The molecule has 2 fully saturated rings. The number of aliphatic carboxylic acids is 1. The van der Waals surface area contributed by atoms with Crippen molar-refractivity contribution in [1.29, 1.82) is 5.26 Å². The van der Waals surface area contributed by atoms with Crippen LogP contribution >= 0.6 is 0 Å². The van der Waals surface area contributed by atoms with Crippen LogP contribution in [0.2, 0.25) is 0 Å². The summed E-state index contributed by atoms with van der Waals surface area (Å²) in [5.74, 6) is -0.895. The highest BCUT2D eigenvalue weighted by Crippen LogP contribution is 2.41. The molecule has 2 bridgehead atoms. The van der Waals surface area contributed by atoms with Crippen molar-refractivity contribution in [2.45, 2.75) is 12.8 Å². The summed E-state index contributed by atoms with van der Waals surface area (Å²) in [6.07, 6.45) is 1.91. The Hall–Kier alpha value is -1.08. The van der Waals surface area contributed by atoms with Crippen molar-refractivity contribution in [3.63, 3.8) is 0 Å². The Morgan fingerprint density at radius 3 is 3.00 bits per heavy atom. The standard InChI is InChI=1S/C9H12N2O2/c10-5-9(8(12)13)6-11-3-1-2-7(9)4-11/h7H,1-4,6H2,(H,12,13). The molecule has 1 N–H and O–H groups in total. The Labute approximate surface area is 76.8 Å². The van der Waals surface area contributed by atoms with E-state index < -0.39 is 11.4 Å². The molecule has 3 atom stereocenters. The molecule has 2 saturated heterocycles. The number of nitriles is 1. The van der Waals surface area contributed by atoms with E-state index in [1.165, 1.54) is 0 Å². The van der Waals surface area contributed by atoms with Crippen LogP contribution in [0.3, 0.4) is 0 Å². The molecule has 13 heavy (non-hydrogen) atoms. The molecule has 70 valence electrons. The molecule has 2 heterocycles. The van der Waals surface area contributed by atoms with Crippen LogP contribution in [0.25, 0.3) is 0 Å². The van der Waals surface area contributed by atoms with Gasteiger partial charge in [0, 0.05) is 19.0 Å². The maximum absolute atomic E-state index is 11.0. The third-order valence-corrected chi connectivity index (χ3v) is 3.26. The predicted molar refractivity (Wildman–Crippen MR) is 44.8 cm³/mol. The fourth-order valence-corrected chi connectivity index (χ4v) is 2.50. The van der Waals surface area contributed by atoms with Gasteiger partial charge in [0.15, 0.2) is 5.41 Å². The zero-order valence-electron chi connectivity index (χ0n) is 7.36. The van der Waals surface area contributed by atoms with Crippen molar-refractivity contribution in [2.24, 2.45) is 11.3 Å². The first-order valence-corrected chi connectivity index (χ1v) is 4.56. The summed E-state index contributed by atoms with van der Waals surface area (Å²) in [5.41, 5.74) is -1.11. The molecule has 4 nitrogen and oxygen atoms in total. The lowest BCUT2D eigenvalue weighted by Gasteiger charge is -2.23. The zero-order chi connectivity index (χ0) is 9.47. The number of hydrogen-bond donors (Lipinski definition) is 1. The predicted octanol–water partition coefficient (Wildman–Crippen LogP) is 0.307. The van der Waals surface area contributed by atoms with E-state index >= 15 is 0 Å². The Morgan fingerprint density at radius 2 is 2.46 bits per heavy atom. The number of carboxylic acids is 1. The van der Waals surface area contributed by atoms with E-state index in [0.717, 1.165) is 25.9 Å². The van der Waals surface area contributed by atoms with Gasteiger partial charge in [-0.1, -0.05) is 0 Å². The van der Waals surface area contributed by atoms with Crippen molar-refractivity contribution in [3.8, 4) is 6.07 Å². The number of rotatable bonds is 1. The summed E-state index contributed by atoms with van der Waals surface area (Å²) in [4.78, 5) is 13.1. The van der Waals surface area contributed by atoms with E-state index in [1.807, 2.05) is 6.07 Å². The second-order valence-electron chi connectivity index (χ2n) is 3.96. The molecule has 2 aliphatic heterocycles. The molecule has 3 unspecified atom stereocenters. The van der Waals surface area contributed by atoms with Gasteiger partial charge < -0.3 is 10.0 Å². The Balaban J connectivity index is 2.32. The zero-order valence-corrected chi connectivity index (χ0v) is 7.36. The highest BCUT2D eigenvalue weighted by atomic mass is 16.4. The first-order valence-electron chi connectivity index (χ1n) is 4.56. The van der Waals surface area contributed by atoms with Crippen LogP contribution in [0, 0.1) is 22.7 Å². The van der Waals surface area contributed by atoms with Gasteiger partial charge in [-0.3, -0.25) is 4.79 Å². The number of hydrogen-bond acceptors (Lipinski definition) is 3. The monoisotopic (exact) mass is 180 g/mol. The van der Waals surface area contributed by atoms with Crippen LogP contribution in [0.1, 0.15) is 12.8 Å². The van der Waals surface area contributed by atoms with E-state index in [9.17, 15) is 4.79 Å². The molecule has 2 aliphatic rings. The number of nitrogens with zero attached hydrogens (tertiary/aromatic N) is 2. The first kappa shape index (κ1) is 8.52. The molecule has 0 aromatic carbocycles. The smallest absolute Gasteiger partial charge is 0.325 e. The second-order valence-corrected chi connectivity index (χ2v) is 3.96. The lowest BCUT2D eigenvalue weighted by Crippen LogP contribution is -2.36. The van der Waals surface area contributed by atoms with Gasteiger partial charge in [0.2, 0.25) is 0 Å². The van der Waals surface area contributed by atoms with Gasteiger partial charge in [-0.15, -0.1) is 0 Å². The van der Waals surface area contributed by atoms with Crippen molar-refractivity contribution in [2.75, 3.05) is 19.6 Å². The van der Waals surface area contributed by atoms with E-state index in [1.54, 1.807) is 0 Å². The van der Waals surface area contributed by atoms with Crippen LogP contribution < -0.4 is 0 Å². The third kappa shape index (κ3) is 1.04. The van der Waals surface area contributed by atoms with Crippen LogP contribution in [-0.2, 0) is 4.79 Å². The fraction of sp³-hybridized carbons (Fsp3) is 0.778. The number of carbonyl (C=O) groups is 1. The van der Waals surface area contributed by atoms with E-state index in [-0.39, 0.29) is 5.92 Å². The lowest BCUT2D eigenvalue weighted by molar-refractivity contribution is -0.146. The Morgan fingerprint density at radius 1 is 1.69 bits per heavy atom. The Bertz CT molecular complexity index is 284. The van der Waals surface area contributed by atoms with E-state index in [2.05, 4.69) is 4.90 Å². The van der Waals surface area contributed by atoms with Crippen molar-refractivity contribution in [3.05, 3.63) is 0 Å². The average Bonchev–Trinajstić information content (AvgIpc) is 2.38. The van der Waals surface area contributed by atoms with E-state index in [4.69, 9.17) is 10.4 Å². The molecule has 0 amide bonds. The topological polar surface area (TPSA) is 64.3 Å². The number of carboxylic acid groups (broad SMARTS) is 1. The summed E-state index contributed by atoms with van der Waals surface area (Å²) < 4.78 is 0. The molecule has 0 saturated carbocycles. The molecular formula is C9H12N2O2. The maximum atomic E-state index is 11.0. The Kier molecular flexibility index (Phi) is 1.77. The summed E-state index contributed by atoms with van der Waals surface area (Å²) in [7, 11) is 0. The summed E-state index contributed by atoms with van der Waals surface area (Å²) in [5, 5.41) is 18.0. The average molecular weight is 180 g/mol. The quantitative estimate of drug-likeness (QED) is 0.630. The van der Waals surface area contributed by atoms with Crippen LogP contribution in [0.5, 0.6) is 0 Å². The minimum Gasteiger partial charge on any atom is -0.480 e. The normalized spacial score (nSPS) is 42.7. The molecule has 2 rings (SSSR count). The maximum Gasteiger partial charge on any atom is 0.325 e. The highest BCUT2D eigenvalue weighted by molar-refractivity contribution is 5.79. The third-order valence-electron chi connectivity index (χ3n) is 3.26. The highest BCUT2D eigenvalue weighted by Gasteiger charge is 2.54. The van der Waals surface area contributed by atoms with Gasteiger partial charge in [-0.25, -0.2) is 0 Å². The summed E-state index contributed by atoms with van der Waals surface area (Å²) >= 11 is 0. The van der Waals surface area contributed by atoms with E-state index in [0.29, 0.717) is 6.54 Å². The molecule has 0 aromatic rings. The van der Waals surface area contributed by atoms with Gasteiger partial charge in [-0.05, 0) is 19.4 Å². The molecule has 4 heteroatoms. The molecule has 0 radical (unpaired) electrons. The van der Waals surface area contributed by atoms with Crippen molar-refractivity contribution in [1.82, 2.24) is 4.90 Å². The molecule has 0 aliphatic carbocycles. The SMILES string of the molecule is N#CC1(C(=O)O)CN2CCCC1C2. The molecule has 0 aromatic heterocycles. The lowest BCUT2D eigenvalue weighted by atomic mass is 9.77. The number of piperidine rings is 1. The van der Waals surface area contributed by atoms with Gasteiger partial charge >= 0.3 is 5.97 Å². The van der Waals surface area contributed by atoms with Gasteiger partial charge in [0.05, 0.1) is 6.07 Å². The van der Waals surface area contributed by atoms with Crippen molar-refractivity contribution >= 4 is 5.97 Å². The van der Waals surface area contributed by atoms with Crippen LogP contribution in [0.15, 0.2) is 0 Å². The largest absolute Gasteiger partial charge is 0.480 e. The minimum absolute atomic E-state index is 0.0451. The first-order chi connectivity index (χ1) is 6.19. The number of fused-ring (bicyclic) bond motifs is 2. The fourth-order valence-electron chi connectivity index (χ4n) is 2.50. The minimum atomic E-state index is -1.11. The summed E-state index contributed by atoms with van der Waals surface area (Å²) in [6, 6.07) is 2.01. The van der Waals surface area contributed by atoms with Gasteiger partial charge in [0.1, 0.15) is 0 Å². The van der Waals surface area contributed by atoms with Gasteiger partial charge in [-0.2, -0.15) is 5.26 Å². The van der Waals surface area contributed by atoms with Crippen LogP contribution in [-0.4, -0.2) is 35.6 Å². The van der Waals surface area contributed by atoms with Crippen molar-refractivity contribution < 1.29 is 9.90 Å². The van der Waals surface area contributed by atoms with Crippen LogP contribution in [0.4, 0.5) is 0 Å². The second kappa shape index (κ2) is 2.71. The molecular weight excluding hydrogens is 168 g/mol.